The fourth-order valence-electron chi connectivity index (χ4n) is 1.48. The molecule has 0 bridgehead atoms. The topological polar surface area (TPSA) is 89.7 Å². The number of carboxylic acids is 1. The van der Waals surface area contributed by atoms with E-state index < -0.39 is 17.0 Å². The van der Waals surface area contributed by atoms with Gasteiger partial charge in [-0.15, -0.1) is 0 Å². The minimum absolute atomic E-state index is 0.0178. The van der Waals surface area contributed by atoms with Crippen LogP contribution in [0.25, 0.3) is 0 Å². The van der Waals surface area contributed by atoms with Crippen LogP contribution in [0.4, 0.5) is 5.69 Å². The number of halogens is 1. The van der Waals surface area contributed by atoms with Gasteiger partial charge in [0, 0.05) is 12.1 Å². The SMILES string of the molecule is CC(C)C[C@@H](Oc1ccc([N+](=O)[O-])cc1Cl)C(=O)O. The Bertz CT molecular complexity index is 489. The number of non-ortho nitro benzene ring substituents is 1. The maximum Gasteiger partial charge on any atom is 0.344 e. The van der Waals surface area contributed by atoms with Crippen LogP contribution in [-0.4, -0.2) is 22.1 Å². The van der Waals surface area contributed by atoms with Gasteiger partial charge in [0.15, 0.2) is 6.10 Å². The molecular weight excluding hydrogens is 274 g/mol. The van der Waals surface area contributed by atoms with E-state index in [9.17, 15) is 14.9 Å². The number of benzene rings is 1. The predicted octanol–water partition coefficient (Wildman–Crippen LogP) is 3.13. The zero-order chi connectivity index (χ0) is 14.6. The standard InChI is InChI=1S/C12H14ClNO5/c1-7(2)5-11(12(15)16)19-10-4-3-8(14(17)18)6-9(10)13/h3-4,6-7,11H,5H2,1-2H3,(H,15,16)/t11-/m1/s1. The second kappa shape index (κ2) is 6.38. The Labute approximate surface area is 115 Å². The molecule has 1 aromatic carbocycles. The van der Waals surface area contributed by atoms with Crippen molar-refractivity contribution >= 4 is 23.3 Å². The van der Waals surface area contributed by atoms with Gasteiger partial charge in [-0.3, -0.25) is 10.1 Å². The quantitative estimate of drug-likeness (QED) is 0.641. The molecule has 0 spiro atoms. The summed E-state index contributed by atoms with van der Waals surface area (Å²) in [5.41, 5.74) is -0.173. The summed E-state index contributed by atoms with van der Waals surface area (Å²) < 4.78 is 5.30. The molecule has 1 aromatic rings. The van der Waals surface area contributed by atoms with Crippen LogP contribution < -0.4 is 4.74 Å². The first-order valence-electron chi connectivity index (χ1n) is 5.64. The van der Waals surface area contributed by atoms with Crippen molar-refractivity contribution in [2.24, 2.45) is 5.92 Å². The highest BCUT2D eigenvalue weighted by molar-refractivity contribution is 6.32. The number of carbonyl (C=O) groups is 1. The Balaban J connectivity index is 2.91. The molecule has 0 aliphatic rings. The number of hydrogen-bond donors (Lipinski definition) is 1. The number of carboxylic acid groups (broad SMARTS) is 1. The maximum absolute atomic E-state index is 11.0. The lowest BCUT2D eigenvalue weighted by Gasteiger charge is -2.17. The molecule has 7 heteroatoms. The molecule has 0 aromatic heterocycles. The molecular formula is C12H14ClNO5. The lowest BCUT2D eigenvalue weighted by atomic mass is 10.1. The lowest BCUT2D eigenvalue weighted by Crippen LogP contribution is -2.28. The van der Waals surface area contributed by atoms with Crippen LogP contribution in [0.3, 0.4) is 0 Å². The summed E-state index contributed by atoms with van der Waals surface area (Å²) in [5.74, 6) is -0.832. The molecule has 0 aliphatic carbocycles. The minimum Gasteiger partial charge on any atom is -0.479 e. The Morgan fingerprint density at radius 3 is 2.58 bits per heavy atom. The highest BCUT2D eigenvalue weighted by atomic mass is 35.5. The van der Waals surface area contributed by atoms with Crippen molar-refractivity contribution in [3.8, 4) is 5.75 Å². The van der Waals surface area contributed by atoms with Crippen LogP contribution in [0.2, 0.25) is 5.02 Å². The Morgan fingerprint density at radius 1 is 1.53 bits per heavy atom. The molecule has 1 atom stereocenters. The molecule has 0 unspecified atom stereocenters. The fraction of sp³-hybridized carbons (Fsp3) is 0.417. The van der Waals surface area contributed by atoms with Gasteiger partial charge in [0.2, 0.25) is 0 Å². The van der Waals surface area contributed by atoms with E-state index >= 15 is 0 Å². The molecule has 0 fully saturated rings. The maximum atomic E-state index is 11.0. The third-order valence-corrected chi connectivity index (χ3v) is 2.65. The summed E-state index contributed by atoms with van der Waals surface area (Å²) in [6.45, 7) is 3.74. The van der Waals surface area contributed by atoms with E-state index in [1.807, 2.05) is 13.8 Å². The van der Waals surface area contributed by atoms with Gasteiger partial charge in [-0.1, -0.05) is 25.4 Å². The van der Waals surface area contributed by atoms with E-state index in [1.54, 1.807) is 0 Å². The van der Waals surface area contributed by atoms with Crippen LogP contribution in [0.15, 0.2) is 18.2 Å². The van der Waals surface area contributed by atoms with Gasteiger partial charge in [0.05, 0.1) is 9.95 Å². The summed E-state index contributed by atoms with van der Waals surface area (Å²) in [6.07, 6.45) is -0.707. The normalized spacial score (nSPS) is 12.2. The third-order valence-electron chi connectivity index (χ3n) is 2.36. The van der Waals surface area contributed by atoms with Gasteiger partial charge in [-0.05, 0) is 18.4 Å². The first-order chi connectivity index (χ1) is 8.81. The van der Waals surface area contributed by atoms with Crippen molar-refractivity contribution in [1.29, 1.82) is 0 Å². The van der Waals surface area contributed by atoms with Gasteiger partial charge >= 0.3 is 5.97 Å². The van der Waals surface area contributed by atoms with Crippen molar-refractivity contribution in [3.63, 3.8) is 0 Å². The van der Waals surface area contributed by atoms with Gasteiger partial charge in [0.25, 0.3) is 5.69 Å². The predicted molar refractivity (Wildman–Crippen MR) is 69.6 cm³/mol. The highest BCUT2D eigenvalue weighted by Gasteiger charge is 2.22. The number of nitro benzene ring substituents is 1. The number of rotatable bonds is 6. The van der Waals surface area contributed by atoms with E-state index in [4.69, 9.17) is 21.4 Å². The Hall–Kier alpha value is -1.82. The largest absolute Gasteiger partial charge is 0.479 e. The van der Waals surface area contributed by atoms with Crippen LogP contribution >= 0.6 is 11.6 Å². The van der Waals surface area contributed by atoms with Crippen LogP contribution in [-0.2, 0) is 4.79 Å². The van der Waals surface area contributed by atoms with Gasteiger partial charge in [-0.25, -0.2) is 4.79 Å². The van der Waals surface area contributed by atoms with Gasteiger partial charge in [0.1, 0.15) is 5.75 Å². The summed E-state index contributed by atoms with van der Waals surface area (Å²) in [7, 11) is 0. The number of nitrogens with zero attached hydrogens (tertiary/aromatic N) is 1. The number of ether oxygens (including phenoxy) is 1. The van der Waals surface area contributed by atoms with Crippen LogP contribution in [0, 0.1) is 16.0 Å². The highest BCUT2D eigenvalue weighted by Crippen LogP contribution is 2.30. The average Bonchev–Trinajstić information content (AvgIpc) is 2.29. The van der Waals surface area contributed by atoms with E-state index in [0.717, 1.165) is 6.07 Å². The molecule has 0 aliphatic heterocycles. The van der Waals surface area contributed by atoms with Gasteiger partial charge in [-0.2, -0.15) is 0 Å². The first kappa shape index (κ1) is 15.2. The first-order valence-corrected chi connectivity index (χ1v) is 6.02. The van der Waals surface area contributed by atoms with E-state index in [1.165, 1.54) is 12.1 Å². The number of aliphatic carboxylic acids is 1. The van der Waals surface area contributed by atoms with Crippen LogP contribution in [0.1, 0.15) is 20.3 Å². The van der Waals surface area contributed by atoms with E-state index in [0.29, 0.717) is 6.42 Å². The number of hydrogen-bond acceptors (Lipinski definition) is 4. The van der Waals surface area contributed by atoms with Crippen molar-refractivity contribution in [1.82, 2.24) is 0 Å². The average molecular weight is 288 g/mol. The molecule has 0 saturated heterocycles. The zero-order valence-electron chi connectivity index (χ0n) is 10.5. The van der Waals surface area contributed by atoms with Crippen molar-refractivity contribution in [3.05, 3.63) is 33.3 Å². The smallest absolute Gasteiger partial charge is 0.344 e. The number of nitro groups is 1. The molecule has 0 radical (unpaired) electrons. The molecule has 1 N–H and O–H groups in total. The Kier molecular flexibility index (Phi) is 5.11. The summed E-state index contributed by atoms with van der Waals surface area (Å²) in [4.78, 5) is 21.0. The van der Waals surface area contributed by atoms with E-state index in [-0.39, 0.29) is 22.4 Å². The third kappa shape index (κ3) is 4.40. The molecule has 19 heavy (non-hydrogen) atoms. The van der Waals surface area contributed by atoms with Crippen molar-refractivity contribution in [2.75, 3.05) is 0 Å². The molecule has 0 amide bonds. The second-order valence-corrected chi connectivity index (χ2v) is 4.85. The summed E-state index contributed by atoms with van der Waals surface area (Å²) in [5, 5.41) is 19.6. The molecule has 0 saturated carbocycles. The Morgan fingerprint density at radius 2 is 2.16 bits per heavy atom. The molecule has 0 heterocycles. The van der Waals surface area contributed by atoms with Gasteiger partial charge < -0.3 is 9.84 Å². The molecule has 6 nitrogen and oxygen atoms in total. The molecule has 1 rings (SSSR count). The zero-order valence-corrected chi connectivity index (χ0v) is 11.3. The van der Waals surface area contributed by atoms with E-state index in [2.05, 4.69) is 0 Å². The second-order valence-electron chi connectivity index (χ2n) is 4.45. The summed E-state index contributed by atoms with van der Waals surface area (Å²) >= 11 is 5.84. The summed E-state index contributed by atoms with van der Waals surface area (Å²) in [6, 6.07) is 3.65. The minimum atomic E-state index is -1.09. The van der Waals surface area contributed by atoms with Crippen molar-refractivity contribution < 1.29 is 19.6 Å². The van der Waals surface area contributed by atoms with Crippen molar-refractivity contribution in [2.45, 2.75) is 26.4 Å². The monoisotopic (exact) mass is 287 g/mol. The lowest BCUT2D eigenvalue weighted by molar-refractivity contribution is -0.384. The van der Waals surface area contributed by atoms with Crippen LogP contribution in [0.5, 0.6) is 5.75 Å². The molecule has 104 valence electrons. The fourth-order valence-corrected chi connectivity index (χ4v) is 1.70.